The molecule has 300 valence electrons. The van der Waals surface area contributed by atoms with Crippen LogP contribution in [0.1, 0.15) is 44.5 Å². The van der Waals surface area contributed by atoms with Gasteiger partial charge in [0.2, 0.25) is 0 Å². The normalized spacial score (nSPS) is 12.9. The van der Waals surface area contributed by atoms with Crippen molar-refractivity contribution in [3.63, 3.8) is 0 Å². The lowest BCUT2D eigenvalue weighted by atomic mass is 9.70. The molecule has 63 heavy (non-hydrogen) atoms. The summed E-state index contributed by atoms with van der Waals surface area (Å²) >= 11 is 0. The number of anilines is 6. The van der Waals surface area contributed by atoms with E-state index >= 15 is 0 Å². The fourth-order valence-electron chi connectivity index (χ4n) is 10.8. The lowest BCUT2D eigenvalue weighted by Gasteiger charge is -2.34. The molecule has 0 aliphatic heterocycles. The van der Waals surface area contributed by atoms with Crippen molar-refractivity contribution in [2.45, 2.75) is 33.1 Å². The molecule has 0 amide bonds. The van der Waals surface area contributed by atoms with Gasteiger partial charge in [0.25, 0.3) is 0 Å². The van der Waals surface area contributed by atoms with Gasteiger partial charge in [-0.25, -0.2) is 0 Å². The van der Waals surface area contributed by atoms with Crippen molar-refractivity contribution in [2.75, 3.05) is 9.80 Å². The van der Waals surface area contributed by atoms with E-state index in [1.54, 1.807) is 0 Å². The van der Waals surface area contributed by atoms with Gasteiger partial charge in [-0.15, -0.1) is 0 Å². The van der Waals surface area contributed by atoms with Crippen molar-refractivity contribution >= 4 is 55.7 Å². The Morgan fingerprint density at radius 1 is 0.286 bits per heavy atom. The highest BCUT2D eigenvalue weighted by Gasteiger charge is 2.53. The van der Waals surface area contributed by atoms with Gasteiger partial charge < -0.3 is 9.80 Å². The molecule has 0 unspecified atom stereocenters. The van der Waals surface area contributed by atoms with Gasteiger partial charge in [0.05, 0.1) is 16.8 Å². The molecule has 0 aromatic heterocycles. The summed E-state index contributed by atoms with van der Waals surface area (Å²) in [6.07, 6.45) is 0. The largest absolute Gasteiger partial charge is 0.310 e. The molecule has 0 heterocycles. The van der Waals surface area contributed by atoms with Gasteiger partial charge in [0.1, 0.15) is 0 Å². The summed E-state index contributed by atoms with van der Waals surface area (Å²) in [5, 5.41) is 4.94. The monoisotopic (exact) mass is 806 g/mol. The first-order chi connectivity index (χ1) is 30.9. The van der Waals surface area contributed by atoms with Gasteiger partial charge in [-0.05, 0) is 144 Å². The van der Waals surface area contributed by atoms with Gasteiger partial charge in [-0.3, -0.25) is 0 Å². The Morgan fingerprint density at radius 3 is 0.905 bits per heavy atom. The molecule has 0 fully saturated rings. The topological polar surface area (TPSA) is 6.48 Å². The van der Waals surface area contributed by atoms with Crippen LogP contribution in [0.15, 0.2) is 206 Å². The molecule has 0 bridgehead atoms. The summed E-state index contributed by atoms with van der Waals surface area (Å²) in [7, 11) is 0. The van der Waals surface area contributed by atoms with Gasteiger partial charge in [-0.1, -0.05) is 168 Å². The molecule has 12 rings (SSSR count). The number of benzene rings is 10. The van der Waals surface area contributed by atoms with Gasteiger partial charge >= 0.3 is 0 Å². The van der Waals surface area contributed by atoms with Gasteiger partial charge in [0, 0.05) is 33.5 Å². The molecule has 1 spiro atoms. The van der Waals surface area contributed by atoms with E-state index in [2.05, 4.69) is 244 Å². The Hall–Kier alpha value is -7.68. The second-order valence-corrected chi connectivity index (χ2v) is 17.6. The van der Waals surface area contributed by atoms with Crippen LogP contribution < -0.4 is 9.80 Å². The summed E-state index contributed by atoms with van der Waals surface area (Å²) in [6.45, 7) is 8.66. The van der Waals surface area contributed by atoms with Crippen molar-refractivity contribution < 1.29 is 0 Å². The molecular weight excluding hydrogens is 761 g/mol. The molecule has 2 aliphatic rings. The van der Waals surface area contributed by atoms with E-state index in [9.17, 15) is 0 Å². The van der Waals surface area contributed by atoms with Crippen molar-refractivity contribution in [1.82, 2.24) is 0 Å². The molecule has 10 aromatic rings. The van der Waals surface area contributed by atoms with Crippen molar-refractivity contribution in [3.05, 3.63) is 251 Å². The first-order valence-corrected chi connectivity index (χ1v) is 22.1. The average Bonchev–Trinajstić information content (AvgIpc) is 3.79. The molecule has 2 heteroatoms. The highest BCUT2D eigenvalue weighted by molar-refractivity contribution is 6.19. The smallest absolute Gasteiger partial charge is 0.0727 e. The van der Waals surface area contributed by atoms with Crippen molar-refractivity contribution in [2.24, 2.45) is 0 Å². The van der Waals surface area contributed by atoms with Crippen LogP contribution in [0, 0.1) is 27.7 Å². The van der Waals surface area contributed by atoms with Crippen LogP contribution in [0.25, 0.3) is 43.8 Å². The maximum absolute atomic E-state index is 2.56. The zero-order valence-corrected chi connectivity index (χ0v) is 36.0. The Labute approximate surface area is 370 Å². The summed E-state index contributed by atoms with van der Waals surface area (Å²) in [5.41, 5.74) is 21.7. The number of hydrogen-bond acceptors (Lipinski definition) is 2. The first-order valence-electron chi connectivity index (χ1n) is 22.1. The minimum atomic E-state index is -0.617. The van der Waals surface area contributed by atoms with Gasteiger partial charge in [0.15, 0.2) is 0 Å². The number of fused-ring (bicyclic) bond motifs is 14. The summed E-state index contributed by atoms with van der Waals surface area (Å²) in [6, 6.07) is 77.7. The third-order valence-electron chi connectivity index (χ3n) is 13.7. The molecule has 0 radical (unpaired) electrons. The Kier molecular flexibility index (Phi) is 8.36. The molecule has 0 saturated carbocycles. The molecule has 0 N–H and O–H groups in total. The van der Waals surface area contributed by atoms with E-state index in [1.165, 1.54) is 88.3 Å². The third-order valence-corrected chi connectivity index (χ3v) is 13.7. The lowest BCUT2D eigenvalue weighted by Crippen LogP contribution is -2.26. The predicted molar refractivity (Wildman–Crippen MR) is 266 cm³/mol. The van der Waals surface area contributed by atoms with E-state index in [0.717, 1.165) is 34.1 Å². The minimum absolute atomic E-state index is 0.617. The highest BCUT2D eigenvalue weighted by atomic mass is 15.2. The van der Waals surface area contributed by atoms with Crippen LogP contribution in [0.4, 0.5) is 34.1 Å². The number of hydrogen-bond donors (Lipinski definition) is 0. The maximum atomic E-state index is 2.56. The molecular formula is C61H46N2. The van der Waals surface area contributed by atoms with Crippen molar-refractivity contribution in [1.29, 1.82) is 0 Å². The summed E-state index contributed by atoms with van der Waals surface area (Å²) < 4.78 is 0. The molecule has 0 atom stereocenters. The Morgan fingerprint density at radius 2 is 0.571 bits per heavy atom. The second kappa shape index (κ2) is 14.2. The third kappa shape index (κ3) is 5.51. The van der Waals surface area contributed by atoms with Crippen LogP contribution in [-0.4, -0.2) is 0 Å². The van der Waals surface area contributed by atoms with Crippen LogP contribution in [0.3, 0.4) is 0 Å². The van der Waals surface area contributed by atoms with Crippen LogP contribution in [0.5, 0.6) is 0 Å². The number of aryl methyl sites for hydroxylation is 4. The quantitative estimate of drug-likeness (QED) is 0.165. The van der Waals surface area contributed by atoms with E-state index in [-0.39, 0.29) is 0 Å². The van der Waals surface area contributed by atoms with E-state index in [1.807, 2.05) is 0 Å². The average molecular weight is 807 g/mol. The molecule has 2 nitrogen and oxygen atoms in total. The SMILES string of the molecule is Cc1ccc(N(c2ccc(C)cc2)c2cc3c(c4ccccc24)-c2c(cc(N(c4ccc(C)cc4)c4ccc(C)cc4)c4ccccc24)C32c3ccccc3-c3ccccc32)cc1. The van der Waals surface area contributed by atoms with Crippen LogP contribution in [-0.2, 0) is 5.41 Å². The Bertz CT molecular complexity index is 3090. The van der Waals surface area contributed by atoms with Crippen LogP contribution >= 0.6 is 0 Å². The lowest BCUT2D eigenvalue weighted by molar-refractivity contribution is 0.795. The molecule has 0 saturated heterocycles. The standard InChI is InChI=1S/C61H46N2/c1-39-21-29-43(30-22-39)62(44-31-23-40(2)24-32-44)57-37-55-59(51-17-7-5-15-49(51)57)60-52-18-8-6-16-50(52)58(63(45-33-25-41(3)26-34-45)46-35-27-42(4)28-36-46)38-56(60)61(55)53-19-11-9-13-47(53)48-14-10-12-20-54(48)61/h5-38H,1-4H3. The zero-order valence-electron chi connectivity index (χ0n) is 36.0. The number of nitrogens with zero attached hydrogens (tertiary/aromatic N) is 2. The molecule has 10 aromatic carbocycles. The first kappa shape index (κ1) is 37.1. The maximum Gasteiger partial charge on any atom is 0.0727 e. The molecule has 2 aliphatic carbocycles. The fourth-order valence-corrected chi connectivity index (χ4v) is 10.8. The minimum Gasteiger partial charge on any atom is -0.310 e. The number of rotatable bonds is 6. The van der Waals surface area contributed by atoms with Crippen LogP contribution in [0.2, 0.25) is 0 Å². The van der Waals surface area contributed by atoms with Gasteiger partial charge in [-0.2, -0.15) is 0 Å². The summed E-state index contributed by atoms with van der Waals surface area (Å²) in [4.78, 5) is 4.95. The zero-order chi connectivity index (χ0) is 42.4. The Balaban J connectivity index is 1.26. The van der Waals surface area contributed by atoms with E-state index in [4.69, 9.17) is 0 Å². The highest BCUT2D eigenvalue weighted by Crippen LogP contribution is 2.67. The summed E-state index contributed by atoms with van der Waals surface area (Å²) in [5.74, 6) is 0. The van der Waals surface area contributed by atoms with E-state index < -0.39 is 5.41 Å². The second-order valence-electron chi connectivity index (χ2n) is 17.6. The van der Waals surface area contributed by atoms with E-state index in [0.29, 0.717) is 0 Å². The fraction of sp³-hybridized carbons (Fsp3) is 0.0820. The van der Waals surface area contributed by atoms with Crippen molar-refractivity contribution in [3.8, 4) is 22.3 Å². The predicted octanol–water partition coefficient (Wildman–Crippen LogP) is 16.5.